The molecule has 0 saturated heterocycles. The van der Waals surface area contributed by atoms with E-state index >= 15 is 0 Å². The Kier molecular flexibility index (Phi) is 6.76. The van der Waals surface area contributed by atoms with Crippen molar-refractivity contribution in [1.82, 2.24) is 10.2 Å². The molecule has 1 atom stereocenters. The maximum absolute atomic E-state index is 13.1. The Hall–Kier alpha value is -2.91. The van der Waals surface area contributed by atoms with Crippen LogP contribution in [0.2, 0.25) is 0 Å². The molecule has 1 amide bonds. The molecule has 6 nitrogen and oxygen atoms in total. The first-order valence-corrected chi connectivity index (χ1v) is 11.9. The molecule has 2 aliphatic heterocycles. The van der Waals surface area contributed by atoms with Gasteiger partial charge >= 0.3 is 5.97 Å². The summed E-state index contributed by atoms with van der Waals surface area (Å²) in [5.41, 5.74) is 2.68. The van der Waals surface area contributed by atoms with Crippen LogP contribution in [0.25, 0.3) is 0 Å². The summed E-state index contributed by atoms with van der Waals surface area (Å²) in [7, 11) is 0. The van der Waals surface area contributed by atoms with Gasteiger partial charge in [0.25, 0.3) is 0 Å². The summed E-state index contributed by atoms with van der Waals surface area (Å²) in [5.74, 6) is -0.884. The van der Waals surface area contributed by atoms with Crippen molar-refractivity contribution in [3.63, 3.8) is 0 Å². The number of rotatable bonds is 7. The Balaban J connectivity index is 1.54. The number of thiophene rings is 1. The zero-order valence-electron chi connectivity index (χ0n) is 17.6. The van der Waals surface area contributed by atoms with E-state index in [1.807, 2.05) is 34.7 Å². The molecule has 0 saturated carbocycles. The van der Waals surface area contributed by atoms with Crippen LogP contribution in [-0.4, -0.2) is 28.6 Å². The van der Waals surface area contributed by atoms with Crippen LogP contribution >= 0.6 is 23.1 Å². The van der Waals surface area contributed by atoms with Crippen molar-refractivity contribution in [3.8, 4) is 0 Å². The minimum Gasteiger partial charge on any atom is -0.463 e. The molecular formula is C23H22FN3O3S2. The van der Waals surface area contributed by atoms with Crippen molar-refractivity contribution in [2.45, 2.75) is 32.9 Å². The van der Waals surface area contributed by atoms with Gasteiger partial charge < -0.3 is 15.0 Å². The van der Waals surface area contributed by atoms with Crippen LogP contribution in [0, 0.1) is 5.82 Å². The molecule has 1 unspecified atom stereocenters. The summed E-state index contributed by atoms with van der Waals surface area (Å²) in [6.07, 6.45) is 0.129. The largest absolute Gasteiger partial charge is 0.463 e. The zero-order chi connectivity index (χ0) is 22.7. The first kappa shape index (κ1) is 22.3. The molecule has 2 aliphatic rings. The van der Waals surface area contributed by atoms with Gasteiger partial charge in [-0.1, -0.05) is 30.0 Å². The number of halogens is 1. The number of fused-ring (bicyclic) bond motifs is 1. The molecule has 1 aromatic carbocycles. The fraction of sp³-hybridized carbons (Fsp3) is 0.261. The summed E-state index contributed by atoms with van der Waals surface area (Å²) in [6.45, 7) is 4.16. The van der Waals surface area contributed by atoms with Crippen molar-refractivity contribution >= 4 is 40.1 Å². The van der Waals surface area contributed by atoms with Crippen LogP contribution in [-0.2, 0) is 20.9 Å². The fourth-order valence-corrected chi connectivity index (χ4v) is 5.37. The molecule has 0 aliphatic carbocycles. The molecule has 1 aromatic heterocycles. The van der Waals surface area contributed by atoms with Crippen LogP contribution in [0.3, 0.4) is 0 Å². The third-order valence-electron chi connectivity index (χ3n) is 5.05. The van der Waals surface area contributed by atoms with Crippen molar-refractivity contribution in [2.24, 2.45) is 4.99 Å². The van der Waals surface area contributed by atoms with Gasteiger partial charge in [0.2, 0.25) is 5.91 Å². The number of thioether (sulfide) groups is 1. The predicted octanol–water partition coefficient (Wildman–Crippen LogP) is 4.73. The number of carbonyl (C=O) groups is 2. The quantitative estimate of drug-likeness (QED) is 0.591. The number of allylic oxidation sites excluding steroid dienone is 1. The van der Waals surface area contributed by atoms with Crippen LogP contribution in [0.1, 0.15) is 36.8 Å². The third-order valence-corrected chi connectivity index (χ3v) is 6.87. The van der Waals surface area contributed by atoms with Gasteiger partial charge in [-0.15, -0.1) is 11.3 Å². The number of benzene rings is 1. The van der Waals surface area contributed by atoms with E-state index in [1.54, 1.807) is 30.4 Å². The number of amidine groups is 1. The van der Waals surface area contributed by atoms with E-state index in [0.29, 0.717) is 17.8 Å². The molecule has 2 aromatic rings. The Bertz CT molecular complexity index is 1110. The van der Waals surface area contributed by atoms with Gasteiger partial charge in [0.05, 0.1) is 24.3 Å². The number of carbonyl (C=O) groups excluding carboxylic acids is 2. The van der Waals surface area contributed by atoms with E-state index < -0.39 is 12.0 Å². The molecule has 3 heterocycles. The van der Waals surface area contributed by atoms with Crippen molar-refractivity contribution in [1.29, 1.82) is 0 Å². The van der Waals surface area contributed by atoms with E-state index in [1.165, 1.54) is 23.9 Å². The molecule has 0 spiro atoms. The lowest BCUT2D eigenvalue weighted by Gasteiger charge is -2.35. The van der Waals surface area contributed by atoms with Gasteiger partial charge in [0, 0.05) is 17.1 Å². The Morgan fingerprint density at radius 2 is 2.03 bits per heavy atom. The van der Waals surface area contributed by atoms with Crippen molar-refractivity contribution in [2.75, 3.05) is 6.61 Å². The standard InChI is InChI=1S/C23H22FN3O3S2/c1-3-30-22(29)20-14(2)26-23-27(21(20)18-5-4-10-31-18)17(13-32-23)11-19(28)25-12-15-6-8-16(24)9-7-15/h4-10,13,21H,3,11-12H2,1-2H3,(H,25,28). The van der Waals surface area contributed by atoms with Crippen LogP contribution in [0.5, 0.6) is 0 Å². The number of aliphatic imine (C=N–C) groups is 1. The topological polar surface area (TPSA) is 71.0 Å². The smallest absolute Gasteiger partial charge is 0.338 e. The number of hydrogen-bond acceptors (Lipinski definition) is 7. The summed E-state index contributed by atoms with van der Waals surface area (Å²) in [6, 6.07) is 9.53. The van der Waals surface area contributed by atoms with Crippen LogP contribution in [0.4, 0.5) is 4.39 Å². The molecule has 166 valence electrons. The van der Waals surface area contributed by atoms with E-state index in [2.05, 4.69) is 10.3 Å². The molecule has 0 radical (unpaired) electrons. The maximum Gasteiger partial charge on any atom is 0.338 e. The zero-order valence-corrected chi connectivity index (χ0v) is 19.3. The summed E-state index contributed by atoms with van der Waals surface area (Å²) in [4.78, 5) is 33.0. The lowest BCUT2D eigenvalue weighted by atomic mass is 9.99. The fourth-order valence-electron chi connectivity index (χ4n) is 3.59. The SMILES string of the molecule is CCOC(=O)C1=C(C)N=C2SC=C(CC(=O)NCc3ccc(F)cc3)N2C1c1cccs1. The highest BCUT2D eigenvalue weighted by atomic mass is 32.2. The second-order valence-electron chi connectivity index (χ2n) is 7.21. The third kappa shape index (κ3) is 4.63. The highest BCUT2D eigenvalue weighted by molar-refractivity contribution is 8.16. The maximum atomic E-state index is 13.1. The van der Waals surface area contributed by atoms with Crippen LogP contribution < -0.4 is 5.32 Å². The number of nitrogens with zero attached hydrogens (tertiary/aromatic N) is 2. The number of amides is 1. The number of ether oxygens (including phenoxy) is 1. The first-order chi connectivity index (χ1) is 15.5. The molecule has 0 fully saturated rings. The van der Waals surface area contributed by atoms with E-state index in [9.17, 15) is 14.0 Å². The average Bonchev–Trinajstić information content (AvgIpc) is 3.43. The number of esters is 1. The minimum atomic E-state index is -0.400. The molecular weight excluding hydrogens is 449 g/mol. The van der Waals surface area contributed by atoms with Crippen molar-refractivity contribution in [3.05, 3.63) is 80.4 Å². The second kappa shape index (κ2) is 9.70. The van der Waals surface area contributed by atoms with Gasteiger partial charge in [-0.25, -0.2) is 14.2 Å². The summed E-state index contributed by atoms with van der Waals surface area (Å²) >= 11 is 2.98. The molecule has 4 rings (SSSR count). The Morgan fingerprint density at radius 1 is 1.25 bits per heavy atom. The lowest BCUT2D eigenvalue weighted by Crippen LogP contribution is -2.37. The molecule has 32 heavy (non-hydrogen) atoms. The average molecular weight is 472 g/mol. The van der Waals surface area contributed by atoms with Gasteiger partial charge in [-0.2, -0.15) is 0 Å². The van der Waals surface area contributed by atoms with Gasteiger partial charge in [-0.3, -0.25) is 4.79 Å². The molecule has 0 bridgehead atoms. The number of hydrogen-bond donors (Lipinski definition) is 1. The van der Waals surface area contributed by atoms with Gasteiger partial charge in [0.15, 0.2) is 5.17 Å². The first-order valence-electron chi connectivity index (χ1n) is 10.1. The predicted molar refractivity (Wildman–Crippen MR) is 124 cm³/mol. The molecule has 9 heteroatoms. The normalized spacial score (nSPS) is 17.6. The Labute approximate surface area is 193 Å². The summed E-state index contributed by atoms with van der Waals surface area (Å²) in [5, 5.41) is 7.47. The monoisotopic (exact) mass is 471 g/mol. The number of nitrogens with one attached hydrogen (secondary N) is 1. The van der Waals surface area contributed by atoms with E-state index in [4.69, 9.17) is 4.74 Å². The highest BCUT2D eigenvalue weighted by Crippen LogP contribution is 2.45. The van der Waals surface area contributed by atoms with E-state index in [-0.39, 0.29) is 24.8 Å². The van der Waals surface area contributed by atoms with Crippen LogP contribution in [0.15, 0.2) is 69.1 Å². The summed E-state index contributed by atoms with van der Waals surface area (Å²) < 4.78 is 18.4. The Morgan fingerprint density at radius 3 is 2.72 bits per heavy atom. The van der Waals surface area contributed by atoms with Gasteiger partial charge in [-0.05, 0) is 48.4 Å². The molecule has 1 N–H and O–H groups in total. The van der Waals surface area contributed by atoms with E-state index in [0.717, 1.165) is 21.3 Å². The van der Waals surface area contributed by atoms with Gasteiger partial charge in [0.1, 0.15) is 11.9 Å². The lowest BCUT2D eigenvalue weighted by molar-refractivity contribution is -0.139. The minimum absolute atomic E-state index is 0.129. The second-order valence-corrected chi connectivity index (χ2v) is 9.02. The van der Waals surface area contributed by atoms with Crippen molar-refractivity contribution < 1.29 is 18.7 Å². The highest BCUT2D eigenvalue weighted by Gasteiger charge is 2.41.